The van der Waals surface area contributed by atoms with Crippen molar-refractivity contribution in [1.29, 1.82) is 0 Å². The summed E-state index contributed by atoms with van der Waals surface area (Å²) in [5, 5.41) is 0. The Hall–Kier alpha value is -0.360. The fourth-order valence-corrected chi connectivity index (χ4v) is 8.88. The van der Waals surface area contributed by atoms with Crippen molar-refractivity contribution in [3.63, 3.8) is 0 Å². The fourth-order valence-electron chi connectivity index (χ4n) is 7.19. The van der Waals surface area contributed by atoms with Crippen molar-refractivity contribution in [2.45, 2.75) is 239 Å². The van der Waals surface area contributed by atoms with Gasteiger partial charge in [0.05, 0.1) is 11.8 Å². The van der Waals surface area contributed by atoms with E-state index < -0.39 is 5.41 Å². The van der Waals surface area contributed by atoms with E-state index in [0.717, 1.165) is 31.4 Å². The molecule has 1 rings (SSSR count). The third-order valence-electron chi connectivity index (χ3n) is 10.5. The lowest BCUT2D eigenvalue weighted by molar-refractivity contribution is -0.145. The van der Waals surface area contributed by atoms with Crippen molar-refractivity contribution < 1.29 is 18.0 Å². The Morgan fingerprint density at radius 2 is 0.771 bits per heavy atom. The van der Waals surface area contributed by atoms with Crippen molar-refractivity contribution in [3.05, 3.63) is 0 Å². The Morgan fingerprint density at radius 3 is 1.10 bits per heavy atom. The molecule has 0 aliphatic carbocycles. The zero-order valence-corrected chi connectivity index (χ0v) is 33.7. The van der Waals surface area contributed by atoms with E-state index in [2.05, 4.69) is 13.8 Å². The SMILES string of the molecule is CCCCCCCCCCCCCCCCCCC1(CCCCCCCCCCCCCCCCCC)CSCCC(=O)OSOC1=O. The lowest BCUT2D eigenvalue weighted by atomic mass is 9.79. The van der Waals surface area contributed by atoms with Crippen molar-refractivity contribution in [2.75, 3.05) is 11.5 Å². The molecule has 1 heterocycles. The third-order valence-corrected chi connectivity index (χ3v) is 12.2. The highest BCUT2D eigenvalue weighted by atomic mass is 32.2. The minimum absolute atomic E-state index is 0.170. The van der Waals surface area contributed by atoms with Crippen molar-refractivity contribution in [1.82, 2.24) is 0 Å². The molecule has 0 aromatic carbocycles. The lowest BCUT2D eigenvalue weighted by Crippen LogP contribution is -2.35. The van der Waals surface area contributed by atoms with E-state index in [0.29, 0.717) is 24.5 Å². The summed E-state index contributed by atoms with van der Waals surface area (Å²) in [4.78, 5) is 25.2. The van der Waals surface area contributed by atoms with Gasteiger partial charge in [0, 0.05) is 11.5 Å². The van der Waals surface area contributed by atoms with Gasteiger partial charge in [-0.1, -0.05) is 219 Å². The minimum Gasteiger partial charge on any atom is -0.355 e. The molecule has 0 spiro atoms. The van der Waals surface area contributed by atoms with Gasteiger partial charge < -0.3 is 8.37 Å². The van der Waals surface area contributed by atoms with Gasteiger partial charge in [0.1, 0.15) is 0 Å². The average molecular weight is 713 g/mol. The maximum atomic E-state index is 13.4. The van der Waals surface area contributed by atoms with Gasteiger partial charge in [-0.3, -0.25) is 9.59 Å². The van der Waals surface area contributed by atoms with E-state index in [-0.39, 0.29) is 11.9 Å². The van der Waals surface area contributed by atoms with Crippen LogP contribution in [0.4, 0.5) is 0 Å². The minimum atomic E-state index is -0.451. The molecule has 6 heteroatoms. The predicted octanol–water partition coefficient (Wildman–Crippen LogP) is 15.1. The summed E-state index contributed by atoms with van der Waals surface area (Å²) >= 11 is 2.32. The topological polar surface area (TPSA) is 52.6 Å². The quantitative estimate of drug-likeness (QED) is 0.0489. The average Bonchev–Trinajstić information content (AvgIpc) is 3.09. The molecule has 0 bridgehead atoms. The van der Waals surface area contributed by atoms with Crippen LogP contribution in [0.2, 0.25) is 0 Å². The van der Waals surface area contributed by atoms with E-state index in [1.807, 2.05) is 0 Å². The third kappa shape index (κ3) is 27.4. The Bertz CT molecular complexity index is 680. The normalized spacial score (nSPS) is 15.4. The van der Waals surface area contributed by atoms with Crippen LogP contribution in [0.1, 0.15) is 239 Å². The zero-order chi connectivity index (χ0) is 34.6. The Kier molecular flexibility index (Phi) is 33.4. The van der Waals surface area contributed by atoms with Crippen LogP contribution >= 0.6 is 24.1 Å². The monoisotopic (exact) mass is 713 g/mol. The number of hydrogen-bond donors (Lipinski definition) is 0. The first-order valence-electron chi connectivity index (χ1n) is 21.3. The standard InChI is InChI=1S/C42H80O4S2/c1-3-5-7-9-11-13-15-17-19-21-23-25-27-29-31-33-36-42(39-47-38-35-40(43)45-48-46-41(42)44)37-34-32-30-28-26-24-22-20-18-16-14-12-10-8-6-4-2/h3-39H2,1-2H3. The van der Waals surface area contributed by atoms with Gasteiger partial charge in [-0.05, 0) is 12.8 Å². The summed E-state index contributed by atoms with van der Waals surface area (Å²) in [5.74, 6) is 1.00. The molecule has 1 aliphatic rings. The molecule has 0 atom stereocenters. The van der Waals surface area contributed by atoms with E-state index in [9.17, 15) is 9.59 Å². The Labute approximate surface area is 308 Å². The number of unbranched alkanes of at least 4 members (excludes halogenated alkanes) is 30. The Balaban J connectivity index is 2.22. The summed E-state index contributed by atoms with van der Waals surface area (Å²) in [7, 11) is 0. The second kappa shape index (κ2) is 35.1. The van der Waals surface area contributed by atoms with E-state index in [1.54, 1.807) is 11.8 Å². The number of carbonyl (C=O) groups is 2. The zero-order valence-electron chi connectivity index (χ0n) is 32.1. The maximum Gasteiger partial charge on any atom is 0.327 e. The van der Waals surface area contributed by atoms with Gasteiger partial charge in [0.15, 0.2) is 0 Å². The van der Waals surface area contributed by atoms with Crippen LogP contribution in [0.3, 0.4) is 0 Å². The molecule has 0 saturated carbocycles. The molecule has 1 fully saturated rings. The molecule has 4 nitrogen and oxygen atoms in total. The summed E-state index contributed by atoms with van der Waals surface area (Å²) in [6, 6.07) is 0. The first-order valence-corrected chi connectivity index (χ1v) is 23.1. The largest absolute Gasteiger partial charge is 0.355 e. The van der Waals surface area contributed by atoms with Gasteiger partial charge >= 0.3 is 11.9 Å². The van der Waals surface area contributed by atoms with Gasteiger partial charge in [-0.2, -0.15) is 11.8 Å². The van der Waals surface area contributed by atoms with Gasteiger partial charge in [0.25, 0.3) is 12.3 Å². The lowest BCUT2D eigenvalue weighted by Gasteiger charge is -2.31. The van der Waals surface area contributed by atoms with E-state index in [1.165, 1.54) is 193 Å². The summed E-state index contributed by atoms with van der Waals surface area (Å²) < 4.78 is 10.6. The number of thioether (sulfide) groups is 1. The van der Waals surface area contributed by atoms with Crippen LogP contribution in [-0.4, -0.2) is 23.4 Å². The molecule has 0 unspecified atom stereocenters. The van der Waals surface area contributed by atoms with Crippen molar-refractivity contribution in [3.8, 4) is 0 Å². The van der Waals surface area contributed by atoms with Crippen LogP contribution in [0.15, 0.2) is 0 Å². The summed E-state index contributed by atoms with van der Waals surface area (Å²) in [5.41, 5.74) is -0.451. The molecule has 1 saturated heterocycles. The molecule has 0 aromatic heterocycles. The van der Waals surface area contributed by atoms with E-state index in [4.69, 9.17) is 8.37 Å². The molecule has 0 amide bonds. The van der Waals surface area contributed by atoms with Crippen molar-refractivity contribution in [2.24, 2.45) is 5.41 Å². The molecule has 0 aromatic rings. The summed E-state index contributed by atoms with van der Waals surface area (Å²) in [6.07, 6.45) is 45.5. The van der Waals surface area contributed by atoms with Crippen LogP contribution < -0.4 is 0 Å². The van der Waals surface area contributed by atoms with Gasteiger partial charge in [-0.25, -0.2) is 0 Å². The smallest absolute Gasteiger partial charge is 0.327 e. The molecular formula is C42H80O4S2. The molecular weight excluding hydrogens is 633 g/mol. The predicted molar refractivity (Wildman–Crippen MR) is 212 cm³/mol. The molecule has 0 radical (unpaired) electrons. The number of rotatable bonds is 34. The summed E-state index contributed by atoms with van der Waals surface area (Å²) in [6.45, 7) is 4.58. The highest BCUT2D eigenvalue weighted by Crippen LogP contribution is 2.39. The second-order valence-corrected chi connectivity index (χ2v) is 16.7. The van der Waals surface area contributed by atoms with E-state index >= 15 is 0 Å². The van der Waals surface area contributed by atoms with Crippen molar-refractivity contribution >= 4 is 36.0 Å². The Morgan fingerprint density at radius 1 is 0.458 bits per heavy atom. The van der Waals surface area contributed by atoms with Gasteiger partial charge in [0.2, 0.25) is 0 Å². The van der Waals surface area contributed by atoms with Gasteiger partial charge in [-0.15, -0.1) is 0 Å². The first kappa shape index (κ1) is 45.7. The maximum absolute atomic E-state index is 13.4. The fraction of sp³-hybridized carbons (Fsp3) is 0.952. The first-order chi connectivity index (χ1) is 23.6. The number of hydrogen-bond acceptors (Lipinski definition) is 6. The van der Waals surface area contributed by atoms with Crippen LogP contribution in [0.5, 0.6) is 0 Å². The molecule has 284 valence electrons. The van der Waals surface area contributed by atoms with Crippen LogP contribution in [-0.2, 0) is 18.0 Å². The molecule has 0 N–H and O–H groups in total. The highest BCUT2D eigenvalue weighted by Gasteiger charge is 2.40. The van der Waals surface area contributed by atoms with Crippen LogP contribution in [0, 0.1) is 5.41 Å². The molecule has 48 heavy (non-hydrogen) atoms. The molecule has 1 aliphatic heterocycles. The second-order valence-electron chi connectivity index (χ2n) is 15.1. The van der Waals surface area contributed by atoms with Crippen LogP contribution in [0.25, 0.3) is 0 Å². The highest BCUT2D eigenvalue weighted by molar-refractivity contribution is 7.99. The number of carbonyl (C=O) groups excluding carboxylic acids is 2.